The number of hydrogen-bond acceptors (Lipinski definition) is 6. The summed E-state index contributed by atoms with van der Waals surface area (Å²) < 4.78 is 16.1. The second-order valence-electron chi connectivity index (χ2n) is 7.93. The number of carbonyl (C=O) groups excluding carboxylic acids is 2. The maximum absolute atomic E-state index is 12.9. The average molecular weight is 450 g/mol. The molecular weight excluding hydrogens is 422 g/mol. The Labute approximate surface area is 192 Å². The van der Waals surface area contributed by atoms with Crippen molar-refractivity contribution in [3.8, 4) is 11.5 Å². The average Bonchev–Trinajstić information content (AvgIpc) is 3.19. The van der Waals surface area contributed by atoms with Crippen molar-refractivity contribution in [1.29, 1.82) is 0 Å². The number of benzene rings is 2. The summed E-state index contributed by atoms with van der Waals surface area (Å²) in [6, 6.07) is 14.2. The number of aryl methyl sites for hydroxylation is 2. The quantitative estimate of drug-likeness (QED) is 0.573. The molecule has 1 aliphatic heterocycles. The molecule has 0 radical (unpaired) electrons. The minimum Gasteiger partial charge on any atom is -0.497 e. The van der Waals surface area contributed by atoms with Crippen LogP contribution in [0.15, 0.2) is 53.1 Å². The summed E-state index contributed by atoms with van der Waals surface area (Å²) in [6.07, 6.45) is 0. The molecule has 0 unspecified atom stereocenters. The Balaban J connectivity index is 1.30. The van der Waals surface area contributed by atoms with E-state index in [9.17, 15) is 9.59 Å². The number of piperazine rings is 1. The smallest absolute Gasteiger partial charge is 0.253 e. The highest BCUT2D eigenvalue weighted by Crippen LogP contribution is 2.20. The molecular formula is C25H27N3O5. The van der Waals surface area contributed by atoms with Crippen molar-refractivity contribution in [2.45, 2.75) is 20.5 Å². The molecule has 1 aromatic heterocycles. The fraction of sp³-hybridized carbons (Fsp3) is 0.320. The summed E-state index contributed by atoms with van der Waals surface area (Å²) in [5, 5.41) is 3.92. The predicted molar refractivity (Wildman–Crippen MR) is 122 cm³/mol. The zero-order chi connectivity index (χ0) is 23.4. The summed E-state index contributed by atoms with van der Waals surface area (Å²) in [6.45, 7) is 6.06. The van der Waals surface area contributed by atoms with Gasteiger partial charge in [0.25, 0.3) is 11.8 Å². The van der Waals surface area contributed by atoms with Gasteiger partial charge >= 0.3 is 0 Å². The number of methoxy groups -OCH3 is 1. The largest absolute Gasteiger partial charge is 0.497 e. The molecule has 8 heteroatoms. The van der Waals surface area contributed by atoms with Gasteiger partial charge in [0.2, 0.25) is 0 Å². The highest BCUT2D eigenvalue weighted by molar-refractivity contribution is 5.96. The third kappa shape index (κ3) is 5.00. The Morgan fingerprint density at radius 3 is 1.76 bits per heavy atom. The van der Waals surface area contributed by atoms with Crippen molar-refractivity contribution >= 4 is 11.8 Å². The predicted octanol–water partition coefficient (Wildman–Crippen LogP) is 3.48. The van der Waals surface area contributed by atoms with Gasteiger partial charge in [0, 0.05) is 37.3 Å². The van der Waals surface area contributed by atoms with Crippen LogP contribution in [0.4, 0.5) is 0 Å². The summed E-state index contributed by atoms with van der Waals surface area (Å²) in [7, 11) is 1.59. The second-order valence-corrected chi connectivity index (χ2v) is 7.93. The summed E-state index contributed by atoms with van der Waals surface area (Å²) in [5.41, 5.74) is 2.94. The standard InChI is InChI=1S/C25H27N3O5/c1-17-23(18(2)33-26-17)16-32-22-10-6-20(7-11-22)25(30)28-14-12-27(13-15-28)24(29)19-4-8-21(31-3)9-5-19/h4-11H,12-16H2,1-3H3. The van der Waals surface area contributed by atoms with E-state index >= 15 is 0 Å². The van der Waals surface area contributed by atoms with Crippen molar-refractivity contribution in [2.24, 2.45) is 0 Å². The van der Waals surface area contributed by atoms with Gasteiger partial charge in [-0.1, -0.05) is 5.16 Å². The van der Waals surface area contributed by atoms with Crippen molar-refractivity contribution in [1.82, 2.24) is 15.0 Å². The SMILES string of the molecule is COc1ccc(C(=O)N2CCN(C(=O)c3ccc(OCc4c(C)noc4C)cc3)CC2)cc1. The molecule has 0 saturated carbocycles. The molecule has 0 bridgehead atoms. The Kier molecular flexibility index (Phi) is 6.63. The van der Waals surface area contributed by atoms with E-state index in [4.69, 9.17) is 14.0 Å². The lowest BCUT2D eigenvalue weighted by molar-refractivity contribution is 0.0535. The van der Waals surface area contributed by atoms with E-state index in [1.165, 1.54) is 0 Å². The molecule has 0 N–H and O–H groups in total. The molecule has 1 saturated heterocycles. The van der Waals surface area contributed by atoms with Gasteiger partial charge in [-0.15, -0.1) is 0 Å². The maximum Gasteiger partial charge on any atom is 0.253 e. The monoisotopic (exact) mass is 449 g/mol. The van der Waals surface area contributed by atoms with Crippen molar-refractivity contribution < 1.29 is 23.6 Å². The van der Waals surface area contributed by atoms with Crippen LogP contribution in [0.2, 0.25) is 0 Å². The minimum atomic E-state index is -0.0520. The molecule has 2 heterocycles. The van der Waals surface area contributed by atoms with Gasteiger partial charge in [-0.25, -0.2) is 0 Å². The molecule has 3 aromatic rings. The van der Waals surface area contributed by atoms with Crippen molar-refractivity contribution in [3.05, 3.63) is 76.7 Å². The molecule has 0 aliphatic carbocycles. The third-order valence-corrected chi connectivity index (χ3v) is 5.86. The molecule has 4 rings (SSSR count). The van der Waals surface area contributed by atoms with E-state index in [1.54, 1.807) is 65.4 Å². The summed E-state index contributed by atoms with van der Waals surface area (Å²) in [5.74, 6) is 2.03. The molecule has 2 aromatic carbocycles. The van der Waals surface area contributed by atoms with E-state index in [1.807, 2.05) is 13.8 Å². The van der Waals surface area contributed by atoms with Gasteiger partial charge in [0.1, 0.15) is 23.9 Å². The van der Waals surface area contributed by atoms with Crippen molar-refractivity contribution in [3.63, 3.8) is 0 Å². The Morgan fingerprint density at radius 2 is 1.33 bits per heavy atom. The highest BCUT2D eigenvalue weighted by atomic mass is 16.5. The van der Waals surface area contributed by atoms with Crippen LogP contribution < -0.4 is 9.47 Å². The van der Waals surface area contributed by atoms with Gasteiger partial charge in [0.15, 0.2) is 0 Å². The highest BCUT2D eigenvalue weighted by Gasteiger charge is 2.25. The molecule has 1 fully saturated rings. The molecule has 0 spiro atoms. The van der Waals surface area contributed by atoms with Gasteiger partial charge in [-0.3, -0.25) is 9.59 Å². The number of hydrogen-bond donors (Lipinski definition) is 0. The number of nitrogens with zero attached hydrogens (tertiary/aromatic N) is 3. The van der Waals surface area contributed by atoms with Crippen LogP contribution in [0, 0.1) is 13.8 Å². The zero-order valence-electron chi connectivity index (χ0n) is 19.0. The van der Waals surface area contributed by atoms with Crippen LogP contribution in [0.3, 0.4) is 0 Å². The molecule has 33 heavy (non-hydrogen) atoms. The zero-order valence-corrected chi connectivity index (χ0v) is 19.0. The first kappa shape index (κ1) is 22.4. The van der Waals surface area contributed by atoms with Crippen LogP contribution in [0.5, 0.6) is 11.5 Å². The number of rotatable bonds is 6. The lowest BCUT2D eigenvalue weighted by atomic mass is 10.1. The van der Waals surface area contributed by atoms with Crippen molar-refractivity contribution in [2.75, 3.05) is 33.3 Å². The Morgan fingerprint density at radius 1 is 0.848 bits per heavy atom. The van der Waals surface area contributed by atoms with E-state index in [2.05, 4.69) is 5.16 Å². The van der Waals surface area contributed by atoms with E-state index < -0.39 is 0 Å². The third-order valence-electron chi connectivity index (χ3n) is 5.86. The van der Waals surface area contributed by atoms with E-state index in [0.29, 0.717) is 55.4 Å². The fourth-order valence-corrected chi connectivity index (χ4v) is 3.77. The number of ether oxygens (including phenoxy) is 2. The van der Waals surface area contributed by atoms with E-state index in [0.717, 1.165) is 17.0 Å². The minimum absolute atomic E-state index is 0.0375. The molecule has 2 amide bonds. The molecule has 8 nitrogen and oxygen atoms in total. The normalized spacial score (nSPS) is 13.7. The first-order valence-corrected chi connectivity index (χ1v) is 10.8. The number of aromatic nitrogens is 1. The van der Waals surface area contributed by atoms with Crippen LogP contribution in [-0.4, -0.2) is 60.1 Å². The van der Waals surface area contributed by atoms with E-state index in [-0.39, 0.29) is 11.8 Å². The first-order chi connectivity index (χ1) is 16.0. The van der Waals surface area contributed by atoms with Gasteiger partial charge in [-0.2, -0.15) is 0 Å². The van der Waals surface area contributed by atoms with Gasteiger partial charge in [0.05, 0.1) is 18.4 Å². The molecule has 1 aliphatic rings. The molecule has 172 valence electrons. The van der Waals surface area contributed by atoms with Crippen LogP contribution in [0.25, 0.3) is 0 Å². The summed E-state index contributed by atoms with van der Waals surface area (Å²) in [4.78, 5) is 29.2. The summed E-state index contributed by atoms with van der Waals surface area (Å²) >= 11 is 0. The lowest BCUT2D eigenvalue weighted by Gasteiger charge is -2.35. The topological polar surface area (TPSA) is 85.1 Å². The lowest BCUT2D eigenvalue weighted by Crippen LogP contribution is -2.50. The molecule has 0 atom stereocenters. The maximum atomic E-state index is 12.9. The number of carbonyl (C=O) groups is 2. The van der Waals surface area contributed by atoms with Gasteiger partial charge in [-0.05, 0) is 62.4 Å². The van der Waals surface area contributed by atoms with Crippen LogP contribution in [-0.2, 0) is 6.61 Å². The van der Waals surface area contributed by atoms with Gasteiger partial charge < -0.3 is 23.8 Å². The van der Waals surface area contributed by atoms with Crippen LogP contribution >= 0.6 is 0 Å². The Bertz CT molecular complexity index is 1090. The fourth-order valence-electron chi connectivity index (χ4n) is 3.77. The van der Waals surface area contributed by atoms with Crippen LogP contribution in [0.1, 0.15) is 37.7 Å². The Hall–Kier alpha value is -3.81. The number of amides is 2. The first-order valence-electron chi connectivity index (χ1n) is 10.8. The second kappa shape index (κ2) is 9.77.